The summed E-state index contributed by atoms with van der Waals surface area (Å²) in [5.74, 6) is -1.02. The van der Waals surface area contributed by atoms with Gasteiger partial charge in [0.25, 0.3) is 0 Å². The van der Waals surface area contributed by atoms with Gasteiger partial charge >= 0.3 is 5.97 Å². The van der Waals surface area contributed by atoms with Gasteiger partial charge in [-0.1, -0.05) is 31.5 Å². The number of carbonyl (C=O) groups is 1. The molecule has 2 aromatic carbocycles. The SMILES string of the molecule is CCCCOc1c(C(=O)OC)ccc2c1C(S(=O)(=O)c1ccccc1)CS2(O)O. The van der Waals surface area contributed by atoms with E-state index in [0.29, 0.717) is 6.42 Å². The molecule has 29 heavy (non-hydrogen) atoms. The first-order valence-electron chi connectivity index (χ1n) is 9.17. The zero-order chi connectivity index (χ0) is 21.2. The van der Waals surface area contributed by atoms with Gasteiger partial charge in [0.1, 0.15) is 16.6 Å². The van der Waals surface area contributed by atoms with Crippen LogP contribution < -0.4 is 4.74 Å². The summed E-state index contributed by atoms with van der Waals surface area (Å²) in [5, 5.41) is -1.24. The van der Waals surface area contributed by atoms with Crippen molar-refractivity contribution in [2.24, 2.45) is 0 Å². The molecule has 1 heterocycles. The average molecular weight is 441 g/mol. The summed E-state index contributed by atoms with van der Waals surface area (Å²) in [6.07, 6.45) is 1.53. The number of methoxy groups -OCH3 is 1. The normalized spacial score (nSPS) is 18.7. The van der Waals surface area contributed by atoms with E-state index >= 15 is 0 Å². The highest BCUT2D eigenvalue weighted by Gasteiger charge is 2.46. The predicted octanol–water partition coefficient (Wildman–Crippen LogP) is 4.29. The molecular weight excluding hydrogens is 416 g/mol. The summed E-state index contributed by atoms with van der Waals surface area (Å²) in [4.78, 5) is 12.4. The molecule has 1 atom stereocenters. The van der Waals surface area contributed by atoms with Gasteiger partial charge in [0.2, 0.25) is 0 Å². The van der Waals surface area contributed by atoms with E-state index in [1.807, 2.05) is 6.92 Å². The van der Waals surface area contributed by atoms with Gasteiger partial charge in [-0.25, -0.2) is 13.2 Å². The van der Waals surface area contributed by atoms with Crippen LogP contribution in [0.5, 0.6) is 5.75 Å². The van der Waals surface area contributed by atoms with Gasteiger partial charge in [0.05, 0.1) is 29.3 Å². The zero-order valence-electron chi connectivity index (χ0n) is 16.2. The fourth-order valence-electron chi connectivity index (χ4n) is 3.32. The molecule has 0 spiro atoms. The first-order chi connectivity index (χ1) is 13.7. The van der Waals surface area contributed by atoms with Crippen LogP contribution >= 0.6 is 10.6 Å². The number of hydrogen-bond donors (Lipinski definition) is 2. The molecule has 0 radical (unpaired) electrons. The van der Waals surface area contributed by atoms with Gasteiger partial charge < -0.3 is 9.47 Å². The Bertz CT molecular complexity index is 1000. The Morgan fingerprint density at radius 3 is 2.48 bits per heavy atom. The molecule has 0 aliphatic carbocycles. The number of unbranched alkanes of at least 4 members (excludes halogenated alkanes) is 1. The predicted molar refractivity (Wildman–Crippen MR) is 111 cm³/mol. The van der Waals surface area contributed by atoms with Crippen molar-refractivity contribution in [3.63, 3.8) is 0 Å². The lowest BCUT2D eigenvalue weighted by molar-refractivity contribution is 0.0595. The van der Waals surface area contributed by atoms with Crippen LogP contribution in [0.4, 0.5) is 0 Å². The van der Waals surface area contributed by atoms with Crippen molar-refractivity contribution in [2.75, 3.05) is 19.5 Å². The molecule has 2 aromatic rings. The third-order valence-electron chi connectivity index (χ3n) is 4.81. The van der Waals surface area contributed by atoms with Crippen LogP contribution in [0, 0.1) is 0 Å². The Labute approximate surface area is 171 Å². The topological polar surface area (TPSA) is 110 Å². The largest absolute Gasteiger partial charge is 0.492 e. The van der Waals surface area contributed by atoms with Crippen LogP contribution in [0.15, 0.2) is 52.3 Å². The smallest absolute Gasteiger partial charge is 0.341 e. The molecule has 1 aliphatic heterocycles. The van der Waals surface area contributed by atoms with Crippen molar-refractivity contribution in [1.82, 2.24) is 0 Å². The maximum atomic E-state index is 13.3. The molecule has 1 aliphatic rings. The second-order valence-electron chi connectivity index (χ2n) is 6.73. The first-order valence-corrected chi connectivity index (χ1v) is 12.4. The second-order valence-corrected chi connectivity index (χ2v) is 11.0. The number of hydrogen-bond acceptors (Lipinski definition) is 7. The van der Waals surface area contributed by atoms with E-state index in [1.54, 1.807) is 18.2 Å². The number of carbonyl (C=O) groups excluding carboxylic acids is 1. The summed E-state index contributed by atoms with van der Waals surface area (Å²) < 4.78 is 58.5. The quantitative estimate of drug-likeness (QED) is 0.488. The van der Waals surface area contributed by atoms with E-state index in [-0.39, 0.29) is 39.0 Å². The van der Waals surface area contributed by atoms with E-state index in [4.69, 9.17) is 9.47 Å². The van der Waals surface area contributed by atoms with Crippen LogP contribution in [0.2, 0.25) is 0 Å². The van der Waals surface area contributed by atoms with Crippen LogP contribution in [-0.2, 0) is 14.6 Å². The molecule has 0 saturated carbocycles. The fraction of sp³-hybridized carbons (Fsp3) is 0.350. The number of esters is 1. The van der Waals surface area contributed by atoms with Gasteiger partial charge in [-0.2, -0.15) is 10.6 Å². The van der Waals surface area contributed by atoms with Crippen molar-refractivity contribution < 1.29 is 31.8 Å². The van der Waals surface area contributed by atoms with Crippen molar-refractivity contribution in [1.29, 1.82) is 0 Å². The van der Waals surface area contributed by atoms with Gasteiger partial charge in [0, 0.05) is 5.56 Å². The van der Waals surface area contributed by atoms with Crippen LogP contribution in [0.3, 0.4) is 0 Å². The van der Waals surface area contributed by atoms with E-state index in [9.17, 15) is 22.3 Å². The van der Waals surface area contributed by atoms with Crippen molar-refractivity contribution in [3.8, 4) is 5.75 Å². The van der Waals surface area contributed by atoms with Gasteiger partial charge in [-0.3, -0.25) is 9.11 Å². The van der Waals surface area contributed by atoms with Gasteiger partial charge in [-0.15, -0.1) is 0 Å². The molecule has 2 N–H and O–H groups in total. The minimum atomic E-state index is -3.96. The number of ether oxygens (including phenoxy) is 2. The highest BCUT2D eigenvalue weighted by molar-refractivity contribution is 8.25. The van der Waals surface area contributed by atoms with E-state index in [1.165, 1.54) is 31.4 Å². The van der Waals surface area contributed by atoms with Gasteiger partial charge in [-0.05, 0) is 30.7 Å². The van der Waals surface area contributed by atoms with Crippen molar-refractivity contribution >= 4 is 26.4 Å². The fourth-order valence-corrected chi connectivity index (χ4v) is 7.73. The first kappa shape index (κ1) is 21.6. The molecule has 1 unspecified atom stereocenters. The van der Waals surface area contributed by atoms with Gasteiger partial charge in [0.15, 0.2) is 9.84 Å². The molecule has 3 rings (SSSR count). The number of sulfone groups is 1. The lowest BCUT2D eigenvalue weighted by atomic mass is 10.1. The lowest BCUT2D eigenvalue weighted by Gasteiger charge is -2.27. The van der Waals surface area contributed by atoms with Crippen LogP contribution in [-0.4, -0.2) is 43.0 Å². The highest BCUT2D eigenvalue weighted by Crippen LogP contribution is 2.63. The lowest BCUT2D eigenvalue weighted by Crippen LogP contribution is -2.17. The molecule has 158 valence electrons. The summed E-state index contributed by atoms with van der Waals surface area (Å²) in [6, 6.07) is 10.6. The Hall–Kier alpha value is -2.07. The highest BCUT2D eigenvalue weighted by atomic mass is 32.3. The number of rotatable bonds is 7. The number of benzene rings is 2. The second kappa shape index (κ2) is 8.35. The van der Waals surface area contributed by atoms with Crippen molar-refractivity contribution in [3.05, 3.63) is 53.6 Å². The Morgan fingerprint density at radius 1 is 1.17 bits per heavy atom. The Morgan fingerprint density at radius 2 is 1.86 bits per heavy atom. The zero-order valence-corrected chi connectivity index (χ0v) is 17.8. The van der Waals surface area contributed by atoms with Crippen molar-refractivity contribution in [2.45, 2.75) is 34.8 Å². The van der Waals surface area contributed by atoms with E-state index in [0.717, 1.165) is 6.42 Å². The summed E-state index contributed by atoms with van der Waals surface area (Å²) in [6.45, 7) is 2.23. The van der Waals surface area contributed by atoms with E-state index in [2.05, 4.69) is 0 Å². The number of fused-ring (bicyclic) bond motifs is 1. The monoisotopic (exact) mass is 440 g/mol. The average Bonchev–Trinajstić information content (AvgIpc) is 3.00. The summed E-state index contributed by atoms with van der Waals surface area (Å²) >= 11 is 0. The molecule has 0 bridgehead atoms. The maximum absolute atomic E-state index is 13.3. The molecule has 0 fully saturated rings. The Balaban J connectivity index is 2.22. The van der Waals surface area contributed by atoms with Crippen LogP contribution in [0.1, 0.15) is 40.9 Å². The summed E-state index contributed by atoms with van der Waals surface area (Å²) in [7, 11) is -6.10. The van der Waals surface area contributed by atoms with Crippen LogP contribution in [0.25, 0.3) is 0 Å². The molecule has 9 heteroatoms. The molecule has 0 aromatic heterocycles. The molecule has 0 saturated heterocycles. The third-order valence-corrected chi connectivity index (χ3v) is 8.96. The third kappa shape index (κ3) is 4.00. The van der Waals surface area contributed by atoms with E-state index < -0.39 is 31.6 Å². The molecule has 7 nitrogen and oxygen atoms in total. The minimum Gasteiger partial charge on any atom is -0.492 e. The Kier molecular flexibility index (Phi) is 6.23. The standard InChI is InChI=1S/C20H24O7S2/c1-3-4-12-27-19-15(20(21)26-2)10-11-16-18(19)17(13-28(16,22)23)29(24,25)14-8-6-5-7-9-14/h5-11,17,22-23H,3-4,12-13H2,1-2H3. The summed E-state index contributed by atoms with van der Waals surface area (Å²) in [5.41, 5.74) is 0.195. The molecule has 0 amide bonds. The maximum Gasteiger partial charge on any atom is 0.341 e. The molecular formula is C20H24O7S2. The minimum absolute atomic E-state index is 0.0461.